The molecule has 0 saturated carbocycles. The lowest BCUT2D eigenvalue weighted by molar-refractivity contribution is 0.164. The fraction of sp³-hybridized carbons (Fsp3) is 0.0952. The van der Waals surface area contributed by atoms with Crippen LogP contribution >= 0.6 is 11.6 Å². The summed E-state index contributed by atoms with van der Waals surface area (Å²) in [7, 11) is 0. The third kappa shape index (κ3) is 2.89. The first-order chi connectivity index (χ1) is 12.6. The van der Waals surface area contributed by atoms with Gasteiger partial charge in [-0.05, 0) is 48.9 Å². The number of nitrogens with zero attached hydrogens (tertiary/aromatic N) is 2. The van der Waals surface area contributed by atoms with Crippen LogP contribution in [0, 0.1) is 6.92 Å². The molecule has 3 aromatic carbocycles. The maximum atomic E-state index is 12.8. The summed E-state index contributed by atoms with van der Waals surface area (Å²) in [5, 5.41) is 2.27. The number of halogens is 1. The third-order valence-corrected chi connectivity index (χ3v) is 4.67. The minimum absolute atomic E-state index is 0.410. The number of amides is 1. The molecule has 0 radical (unpaired) electrons. The van der Waals surface area contributed by atoms with E-state index in [0.29, 0.717) is 5.02 Å². The number of benzene rings is 3. The minimum Gasteiger partial charge on any atom is -0.319 e. The molecule has 1 saturated heterocycles. The topological polar surface area (TPSA) is 32.8 Å². The zero-order valence-corrected chi connectivity index (χ0v) is 14.9. The van der Waals surface area contributed by atoms with Gasteiger partial charge in [0.25, 0.3) is 0 Å². The predicted molar refractivity (Wildman–Crippen MR) is 103 cm³/mol. The van der Waals surface area contributed by atoms with Crippen LogP contribution in [0.5, 0.6) is 0 Å². The molecule has 1 atom stereocenters. The van der Waals surface area contributed by atoms with Gasteiger partial charge in [0.2, 0.25) is 0 Å². The first kappa shape index (κ1) is 16.5. The van der Waals surface area contributed by atoms with Crippen LogP contribution in [0.15, 0.2) is 78.9 Å². The number of para-hydroxylation sites is 1. The molecule has 0 bridgehead atoms. The molecule has 26 heavy (non-hydrogen) atoms. The largest absolute Gasteiger partial charge is 0.440 e. The van der Waals surface area contributed by atoms with Crippen molar-refractivity contribution in [2.24, 2.45) is 0 Å². The van der Waals surface area contributed by atoms with E-state index in [1.807, 2.05) is 73.7 Å². The fourth-order valence-electron chi connectivity index (χ4n) is 3.14. The third-order valence-electron chi connectivity index (χ3n) is 4.42. The molecule has 0 spiro atoms. The van der Waals surface area contributed by atoms with E-state index in [-0.39, 0.29) is 0 Å². The molecule has 4 rings (SSSR count). The summed E-state index contributed by atoms with van der Waals surface area (Å²) < 4.78 is 0. The Balaban J connectivity index is 1.85. The van der Waals surface area contributed by atoms with Crippen molar-refractivity contribution in [2.45, 2.75) is 13.1 Å². The number of carbonyl (C=O) groups excluding carboxylic acids is 1. The molecule has 1 aliphatic rings. The molecule has 1 fully saturated rings. The van der Waals surface area contributed by atoms with Crippen molar-refractivity contribution >= 4 is 29.1 Å². The van der Waals surface area contributed by atoms with Crippen molar-refractivity contribution in [3.8, 4) is 0 Å². The average Bonchev–Trinajstić information content (AvgIpc) is 3.01. The van der Waals surface area contributed by atoms with Crippen molar-refractivity contribution < 1.29 is 9.63 Å². The Morgan fingerprint density at radius 1 is 0.846 bits per heavy atom. The molecule has 1 heterocycles. The molecule has 1 unspecified atom stereocenters. The number of hydrogen-bond acceptors (Lipinski definition) is 3. The van der Waals surface area contributed by atoms with Crippen LogP contribution < -0.4 is 9.96 Å². The van der Waals surface area contributed by atoms with Gasteiger partial charge >= 0.3 is 6.09 Å². The Labute approximate surface area is 157 Å². The lowest BCUT2D eigenvalue weighted by atomic mass is 10.0. The van der Waals surface area contributed by atoms with Crippen LogP contribution in [0.3, 0.4) is 0 Å². The Morgan fingerprint density at radius 2 is 1.50 bits per heavy atom. The summed E-state index contributed by atoms with van der Waals surface area (Å²) in [5.41, 5.74) is 3.62. The Morgan fingerprint density at radius 3 is 2.19 bits per heavy atom. The second-order valence-corrected chi connectivity index (χ2v) is 6.53. The van der Waals surface area contributed by atoms with Crippen LogP contribution in [-0.4, -0.2) is 6.09 Å². The number of aryl methyl sites for hydroxylation is 1. The molecular formula is C21H17ClN2O2. The fourth-order valence-corrected chi connectivity index (χ4v) is 3.27. The molecule has 1 amide bonds. The second-order valence-electron chi connectivity index (χ2n) is 6.10. The maximum absolute atomic E-state index is 12.8. The van der Waals surface area contributed by atoms with Crippen LogP contribution in [0.2, 0.25) is 5.02 Å². The summed E-state index contributed by atoms with van der Waals surface area (Å²) >= 11 is 6.01. The van der Waals surface area contributed by atoms with E-state index in [1.165, 1.54) is 0 Å². The molecule has 0 N–H and O–H groups in total. The smallest absolute Gasteiger partial charge is 0.319 e. The SMILES string of the molecule is Cc1ccccc1C1N(c2ccccc2)OC(=O)N1c1ccc(Cl)cc1. The van der Waals surface area contributed by atoms with Crippen LogP contribution in [0.1, 0.15) is 17.3 Å². The molecule has 1 aliphatic heterocycles. The number of carbonyl (C=O) groups is 1. The molecule has 4 nitrogen and oxygen atoms in total. The molecule has 0 aromatic heterocycles. The monoisotopic (exact) mass is 364 g/mol. The van der Waals surface area contributed by atoms with Gasteiger partial charge < -0.3 is 4.84 Å². The van der Waals surface area contributed by atoms with Gasteiger partial charge in [-0.3, -0.25) is 0 Å². The van der Waals surface area contributed by atoms with Gasteiger partial charge in [0.05, 0.1) is 5.69 Å². The average molecular weight is 365 g/mol. The van der Waals surface area contributed by atoms with Gasteiger partial charge in [0, 0.05) is 16.3 Å². The van der Waals surface area contributed by atoms with Crippen LogP contribution in [0.4, 0.5) is 16.2 Å². The van der Waals surface area contributed by atoms with Gasteiger partial charge in [-0.2, -0.15) is 5.06 Å². The number of hydroxylamine groups is 1. The van der Waals surface area contributed by atoms with E-state index < -0.39 is 12.3 Å². The van der Waals surface area contributed by atoms with E-state index in [0.717, 1.165) is 22.5 Å². The molecule has 0 aliphatic carbocycles. The van der Waals surface area contributed by atoms with E-state index in [9.17, 15) is 4.79 Å². The molecule has 3 aromatic rings. The lowest BCUT2D eigenvalue weighted by Crippen LogP contribution is -2.32. The van der Waals surface area contributed by atoms with E-state index in [1.54, 1.807) is 22.1 Å². The number of hydrogen-bond donors (Lipinski definition) is 0. The zero-order chi connectivity index (χ0) is 18.1. The predicted octanol–water partition coefficient (Wildman–Crippen LogP) is 5.73. The highest BCUT2D eigenvalue weighted by Gasteiger charge is 2.43. The molecular weight excluding hydrogens is 348 g/mol. The number of rotatable bonds is 3. The van der Waals surface area contributed by atoms with Gasteiger partial charge in [-0.25, -0.2) is 9.69 Å². The summed E-state index contributed by atoms with van der Waals surface area (Å²) in [4.78, 5) is 20.1. The molecule has 130 valence electrons. The van der Waals surface area contributed by atoms with E-state index >= 15 is 0 Å². The number of anilines is 2. The first-order valence-electron chi connectivity index (χ1n) is 8.32. The second kappa shape index (κ2) is 6.73. The van der Waals surface area contributed by atoms with Gasteiger partial charge in [0.1, 0.15) is 0 Å². The Kier molecular flexibility index (Phi) is 4.27. The van der Waals surface area contributed by atoms with Crippen molar-refractivity contribution in [2.75, 3.05) is 9.96 Å². The Hall–Kier alpha value is -2.98. The summed E-state index contributed by atoms with van der Waals surface area (Å²) in [6, 6.07) is 24.8. The van der Waals surface area contributed by atoms with Gasteiger partial charge in [-0.1, -0.05) is 54.1 Å². The normalized spacial score (nSPS) is 16.7. The minimum atomic E-state index is -0.426. The van der Waals surface area contributed by atoms with E-state index in [4.69, 9.17) is 16.4 Å². The van der Waals surface area contributed by atoms with Crippen LogP contribution in [0.25, 0.3) is 0 Å². The lowest BCUT2D eigenvalue weighted by Gasteiger charge is -2.28. The highest BCUT2D eigenvalue weighted by atomic mass is 35.5. The quantitative estimate of drug-likeness (QED) is 0.595. The summed E-state index contributed by atoms with van der Waals surface area (Å²) in [6.07, 6.45) is -0.836. The standard InChI is InChI=1S/C21H17ClN2O2/c1-15-7-5-6-10-19(15)20-23(17-13-11-16(22)12-14-17)21(25)26-24(20)18-8-3-2-4-9-18/h2-14,20H,1H3. The van der Waals surface area contributed by atoms with Crippen molar-refractivity contribution in [3.05, 3.63) is 95.0 Å². The van der Waals surface area contributed by atoms with Gasteiger partial charge in [-0.15, -0.1) is 0 Å². The van der Waals surface area contributed by atoms with Crippen LogP contribution in [-0.2, 0) is 4.84 Å². The highest BCUT2D eigenvalue weighted by molar-refractivity contribution is 6.30. The van der Waals surface area contributed by atoms with Crippen molar-refractivity contribution in [3.63, 3.8) is 0 Å². The maximum Gasteiger partial charge on any atom is 0.440 e. The Bertz CT molecular complexity index is 928. The van der Waals surface area contributed by atoms with Crippen molar-refractivity contribution in [1.29, 1.82) is 0 Å². The van der Waals surface area contributed by atoms with Gasteiger partial charge in [0.15, 0.2) is 6.17 Å². The van der Waals surface area contributed by atoms with Crippen molar-refractivity contribution in [1.82, 2.24) is 0 Å². The summed E-state index contributed by atoms with van der Waals surface area (Å²) in [6.45, 7) is 2.03. The summed E-state index contributed by atoms with van der Waals surface area (Å²) in [5.74, 6) is 0. The first-order valence-corrected chi connectivity index (χ1v) is 8.69. The van der Waals surface area contributed by atoms with E-state index in [2.05, 4.69) is 0 Å². The zero-order valence-electron chi connectivity index (χ0n) is 14.2. The highest BCUT2D eigenvalue weighted by Crippen LogP contribution is 2.40. The molecule has 5 heteroatoms.